The van der Waals surface area contributed by atoms with E-state index in [4.69, 9.17) is 16.7 Å². The van der Waals surface area contributed by atoms with Gasteiger partial charge in [0.25, 0.3) is 0 Å². The van der Waals surface area contributed by atoms with Crippen molar-refractivity contribution >= 4 is 49.4 Å². The third-order valence-corrected chi connectivity index (χ3v) is 5.63. The SMILES string of the molecule is CNC(=O)CN(C)S(=O)(=O)c1cc(Br)c(Cl)c(C(=O)O)c1. The van der Waals surface area contributed by atoms with Crippen LogP contribution in [0.1, 0.15) is 10.4 Å². The summed E-state index contributed by atoms with van der Waals surface area (Å²) in [4.78, 5) is 22.0. The van der Waals surface area contributed by atoms with Crippen molar-refractivity contribution in [3.63, 3.8) is 0 Å². The molecular formula is C11H12BrClN2O5S. The molecule has 0 spiro atoms. The molecule has 0 radical (unpaired) electrons. The molecule has 0 heterocycles. The maximum absolute atomic E-state index is 12.3. The minimum Gasteiger partial charge on any atom is -0.478 e. The number of carboxylic acid groups (broad SMARTS) is 1. The normalized spacial score (nSPS) is 11.5. The molecule has 0 aromatic heterocycles. The van der Waals surface area contributed by atoms with Crippen molar-refractivity contribution in [2.24, 2.45) is 0 Å². The van der Waals surface area contributed by atoms with Crippen LogP contribution in [0.2, 0.25) is 5.02 Å². The molecule has 1 rings (SSSR count). The summed E-state index contributed by atoms with van der Waals surface area (Å²) in [6.45, 7) is -0.387. The maximum atomic E-state index is 12.3. The molecule has 0 saturated carbocycles. The fraction of sp³-hybridized carbons (Fsp3) is 0.273. The summed E-state index contributed by atoms with van der Waals surface area (Å²) < 4.78 is 25.6. The molecule has 0 unspecified atom stereocenters. The van der Waals surface area contributed by atoms with Gasteiger partial charge in [-0.3, -0.25) is 4.79 Å². The quantitative estimate of drug-likeness (QED) is 0.773. The van der Waals surface area contributed by atoms with E-state index in [0.29, 0.717) is 0 Å². The lowest BCUT2D eigenvalue weighted by Gasteiger charge is -2.17. The fourth-order valence-electron chi connectivity index (χ4n) is 1.41. The number of hydrogen-bond acceptors (Lipinski definition) is 4. The third-order valence-electron chi connectivity index (χ3n) is 2.59. The summed E-state index contributed by atoms with van der Waals surface area (Å²) in [5, 5.41) is 11.2. The standard InChI is InChI=1S/C11H12BrClN2O5S/c1-14-9(16)5-15(2)21(19,20)6-3-7(11(17)18)10(13)8(12)4-6/h3-4H,5H2,1-2H3,(H,14,16)(H,17,18). The Morgan fingerprint density at radius 1 is 1.43 bits per heavy atom. The summed E-state index contributed by atoms with van der Waals surface area (Å²) in [5.41, 5.74) is -0.349. The van der Waals surface area contributed by atoms with Gasteiger partial charge in [-0.15, -0.1) is 0 Å². The van der Waals surface area contributed by atoms with E-state index in [0.717, 1.165) is 10.4 Å². The molecule has 2 N–H and O–H groups in total. The zero-order chi connectivity index (χ0) is 16.4. The second kappa shape index (κ2) is 6.73. The highest BCUT2D eigenvalue weighted by molar-refractivity contribution is 9.10. The van der Waals surface area contributed by atoms with E-state index >= 15 is 0 Å². The van der Waals surface area contributed by atoms with Gasteiger partial charge in [0.1, 0.15) is 0 Å². The molecule has 0 bridgehead atoms. The summed E-state index contributed by atoms with van der Waals surface area (Å²) in [6.07, 6.45) is 0. The number of benzene rings is 1. The van der Waals surface area contributed by atoms with Gasteiger partial charge in [-0.05, 0) is 28.1 Å². The smallest absolute Gasteiger partial charge is 0.337 e. The van der Waals surface area contributed by atoms with E-state index in [9.17, 15) is 18.0 Å². The van der Waals surface area contributed by atoms with Crippen molar-refractivity contribution in [1.29, 1.82) is 0 Å². The molecule has 116 valence electrons. The van der Waals surface area contributed by atoms with Gasteiger partial charge in [0.05, 0.1) is 22.0 Å². The first-order valence-electron chi connectivity index (χ1n) is 5.50. The molecule has 0 fully saturated rings. The number of amides is 1. The highest BCUT2D eigenvalue weighted by Gasteiger charge is 2.26. The number of hydrogen-bond donors (Lipinski definition) is 2. The lowest BCUT2D eigenvalue weighted by molar-refractivity contribution is -0.120. The highest BCUT2D eigenvalue weighted by Crippen LogP contribution is 2.30. The highest BCUT2D eigenvalue weighted by atomic mass is 79.9. The average molecular weight is 400 g/mol. The molecular weight excluding hydrogens is 388 g/mol. The monoisotopic (exact) mass is 398 g/mol. The number of sulfonamides is 1. The molecule has 0 aliphatic heterocycles. The Labute approximate surface area is 135 Å². The number of aromatic carboxylic acids is 1. The van der Waals surface area contributed by atoms with Gasteiger partial charge in [0.15, 0.2) is 0 Å². The summed E-state index contributed by atoms with van der Waals surface area (Å²) in [5.74, 6) is -1.85. The Morgan fingerprint density at radius 3 is 2.48 bits per heavy atom. The number of halogens is 2. The average Bonchev–Trinajstić information content (AvgIpc) is 2.40. The predicted octanol–water partition coefficient (Wildman–Crippen LogP) is 1.17. The van der Waals surface area contributed by atoms with Crippen LogP contribution >= 0.6 is 27.5 Å². The van der Waals surface area contributed by atoms with Gasteiger partial charge >= 0.3 is 5.97 Å². The lowest BCUT2D eigenvalue weighted by atomic mass is 10.2. The van der Waals surface area contributed by atoms with Crippen LogP contribution in [0, 0.1) is 0 Å². The number of rotatable bonds is 5. The van der Waals surface area contributed by atoms with Crippen molar-refractivity contribution < 1.29 is 23.1 Å². The zero-order valence-corrected chi connectivity index (χ0v) is 14.2. The minimum absolute atomic E-state index is 0.101. The van der Waals surface area contributed by atoms with Crippen LogP contribution in [-0.4, -0.2) is 50.3 Å². The molecule has 1 aromatic rings. The number of carbonyl (C=O) groups excluding carboxylic acids is 1. The number of likely N-dealkylation sites (N-methyl/N-ethyl adjacent to an activating group) is 2. The number of carbonyl (C=O) groups is 2. The Kier molecular flexibility index (Phi) is 5.74. The summed E-state index contributed by atoms with van der Waals surface area (Å²) in [6, 6.07) is 2.13. The Hall–Kier alpha value is -1.16. The van der Waals surface area contributed by atoms with E-state index in [2.05, 4.69) is 21.2 Å². The number of nitrogens with one attached hydrogen (secondary N) is 1. The fourth-order valence-corrected chi connectivity index (χ4v) is 3.40. The van der Waals surface area contributed by atoms with Crippen molar-refractivity contribution in [3.05, 3.63) is 27.2 Å². The van der Waals surface area contributed by atoms with E-state index in [1.807, 2.05) is 0 Å². The number of nitrogens with zero attached hydrogens (tertiary/aromatic N) is 1. The molecule has 0 aliphatic rings. The molecule has 7 nitrogen and oxygen atoms in total. The van der Waals surface area contributed by atoms with Gasteiger partial charge < -0.3 is 10.4 Å². The molecule has 1 amide bonds. The van der Waals surface area contributed by atoms with Gasteiger partial charge in [-0.25, -0.2) is 13.2 Å². The molecule has 10 heteroatoms. The van der Waals surface area contributed by atoms with Crippen molar-refractivity contribution in [1.82, 2.24) is 9.62 Å². The Balaban J connectivity index is 3.32. The minimum atomic E-state index is -4.02. The van der Waals surface area contributed by atoms with E-state index in [1.165, 1.54) is 20.2 Å². The summed E-state index contributed by atoms with van der Waals surface area (Å²) in [7, 11) is -1.42. The molecule has 1 aromatic carbocycles. The molecule has 0 aliphatic carbocycles. The van der Waals surface area contributed by atoms with Crippen molar-refractivity contribution in [2.75, 3.05) is 20.6 Å². The van der Waals surface area contributed by atoms with Crippen LogP contribution in [0.5, 0.6) is 0 Å². The summed E-state index contributed by atoms with van der Waals surface area (Å²) >= 11 is 8.81. The first kappa shape index (κ1) is 17.9. The lowest BCUT2D eigenvalue weighted by Crippen LogP contribution is -2.36. The molecule has 0 saturated heterocycles. The Morgan fingerprint density at radius 2 is 2.00 bits per heavy atom. The Bertz CT molecular complexity index is 692. The van der Waals surface area contributed by atoms with Crippen LogP contribution in [0.4, 0.5) is 0 Å². The maximum Gasteiger partial charge on any atom is 0.337 e. The van der Waals surface area contributed by atoms with Crippen molar-refractivity contribution in [3.8, 4) is 0 Å². The van der Waals surface area contributed by atoms with E-state index < -0.39 is 21.9 Å². The number of carboxylic acids is 1. The first-order chi connectivity index (χ1) is 9.61. The van der Waals surface area contributed by atoms with Gasteiger partial charge in [0, 0.05) is 18.6 Å². The predicted molar refractivity (Wildman–Crippen MR) is 80.0 cm³/mol. The topological polar surface area (TPSA) is 104 Å². The van der Waals surface area contributed by atoms with E-state index in [1.54, 1.807) is 0 Å². The van der Waals surface area contributed by atoms with Gasteiger partial charge in [0.2, 0.25) is 15.9 Å². The first-order valence-corrected chi connectivity index (χ1v) is 8.11. The second-order valence-electron chi connectivity index (χ2n) is 4.01. The molecule has 21 heavy (non-hydrogen) atoms. The second-order valence-corrected chi connectivity index (χ2v) is 7.28. The largest absolute Gasteiger partial charge is 0.478 e. The van der Waals surface area contributed by atoms with Crippen LogP contribution in [0.25, 0.3) is 0 Å². The third kappa shape index (κ3) is 3.94. The van der Waals surface area contributed by atoms with Crippen LogP contribution in [0.15, 0.2) is 21.5 Å². The van der Waals surface area contributed by atoms with Gasteiger partial charge in [-0.2, -0.15) is 4.31 Å². The van der Waals surface area contributed by atoms with Crippen LogP contribution in [-0.2, 0) is 14.8 Å². The van der Waals surface area contributed by atoms with Gasteiger partial charge in [-0.1, -0.05) is 11.6 Å². The molecule has 0 atom stereocenters. The van der Waals surface area contributed by atoms with Crippen LogP contribution in [0.3, 0.4) is 0 Å². The zero-order valence-electron chi connectivity index (χ0n) is 11.1. The van der Waals surface area contributed by atoms with E-state index in [-0.39, 0.29) is 26.5 Å². The van der Waals surface area contributed by atoms with Crippen molar-refractivity contribution in [2.45, 2.75) is 4.90 Å². The van der Waals surface area contributed by atoms with Crippen LogP contribution < -0.4 is 5.32 Å².